The summed E-state index contributed by atoms with van der Waals surface area (Å²) in [6.45, 7) is 3.65. The number of ether oxygens (including phenoxy) is 1. The van der Waals surface area contributed by atoms with Crippen molar-refractivity contribution < 1.29 is 9.53 Å². The number of amides is 1. The summed E-state index contributed by atoms with van der Waals surface area (Å²) in [7, 11) is 1.68. The number of piperazine rings is 1. The van der Waals surface area contributed by atoms with E-state index in [4.69, 9.17) is 4.74 Å². The molecule has 1 aliphatic rings. The average molecular weight is 338 g/mol. The van der Waals surface area contributed by atoms with E-state index in [1.807, 2.05) is 24.0 Å². The minimum absolute atomic E-state index is 0.0781. The summed E-state index contributed by atoms with van der Waals surface area (Å²) >= 11 is 0. The van der Waals surface area contributed by atoms with Crippen molar-refractivity contribution in [3.8, 4) is 0 Å². The third-order valence-corrected chi connectivity index (χ3v) is 4.89. The van der Waals surface area contributed by atoms with E-state index in [-0.39, 0.29) is 23.9 Å². The van der Waals surface area contributed by atoms with Gasteiger partial charge in [-0.1, -0.05) is 60.7 Å². The van der Waals surface area contributed by atoms with E-state index < -0.39 is 0 Å². The molecular formula is C21H26N2O2. The second kappa shape index (κ2) is 8.28. The molecule has 4 heteroatoms. The fourth-order valence-corrected chi connectivity index (χ4v) is 3.66. The number of benzene rings is 2. The molecule has 0 aromatic heterocycles. The summed E-state index contributed by atoms with van der Waals surface area (Å²) in [5.41, 5.74) is 2.53. The lowest BCUT2D eigenvalue weighted by Gasteiger charge is -2.40. The molecule has 25 heavy (non-hydrogen) atoms. The minimum Gasteiger partial charge on any atom is -0.383 e. The topological polar surface area (TPSA) is 41.6 Å². The van der Waals surface area contributed by atoms with Crippen LogP contribution in [0.15, 0.2) is 60.7 Å². The van der Waals surface area contributed by atoms with Crippen LogP contribution < -0.4 is 5.32 Å². The van der Waals surface area contributed by atoms with Gasteiger partial charge in [0, 0.05) is 25.6 Å². The van der Waals surface area contributed by atoms with Crippen LogP contribution in [0, 0.1) is 0 Å². The van der Waals surface area contributed by atoms with Crippen LogP contribution in [0.25, 0.3) is 0 Å². The van der Waals surface area contributed by atoms with E-state index in [2.05, 4.69) is 53.8 Å². The smallest absolute Gasteiger partial charge is 0.236 e. The zero-order valence-electron chi connectivity index (χ0n) is 14.9. The molecule has 132 valence electrons. The number of nitrogens with zero attached hydrogens (tertiary/aromatic N) is 1. The van der Waals surface area contributed by atoms with E-state index in [1.54, 1.807) is 7.11 Å². The van der Waals surface area contributed by atoms with Crippen molar-refractivity contribution >= 4 is 5.91 Å². The van der Waals surface area contributed by atoms with Crippen molar-refractivity contribution in [3.63, 3.8) is 0 Å². The number of carbonyl (C=O) groups is 1. The van der Waals surface area contributed by atoms with Crippen LogP contribution in [-0.2, 0) is 9.53 Å². The highest BCUT2D eigenvalue weighted by Crippen LogP contribution is 2.30. The molecule has 1 N–H and O–H groups in total. The molecule has 4 nitrogen and oxygen atoms in total. The summed E-state index contributed by atoms with van der Waals surface area (Å²) in [5, 5.41) is 3.46. The Morgan fingerprint density at radius 2 is 1.64 bits per heavy atom. The number of methoxy groups -OCH3 is 1. The molecule has 0 spiro atoms. The van der Waals surface area contributed by atoms with Gasteiger partial charge in [-0.15, -0.1) is 0 Å². The highest BCUT2D eigenvalue weighted by Gasteiger charge is 2.34. The second-order valence-corrected chi connectivity index (χ2v) is 6.64. The Morgan fingerprint density at radius 1 is 1.08 bits per heavy atom. The van der Waals surface area contributed by atoms with E-state index in [1.165, 1.54) is 11.1 Å². The second-order valence-electron chi connectivity index (χ2n) is 6.64. The first-order chi connectivity index (χ1) is 12.2. The highest BCUT2D eigenvalue weighted by molar-refractivity contribution is 5.79. The van der Waals surface area contributed by atoms with Crippen LogP contribution in [0.2, 0.25) is 0 Å². The Kier molecular flexibility index (Phi) is 5.84. The Hall–Kier alpha value is -2.17. The molecule has 1 fully saturated rings. The molecule has 2 aromatic carbocycles. The zero-order valence-corrected chi connectivity index (χ0v) is 14.9. The van der Waals surface area contributed by atoms with Crippen LogP contribution in [0.3, 0.4) is 0 Å². The fourth-order valence-electron chi connectivity index (χ4n) is 3.66. The van der Waals surface area contributed by atoms with E-state index >= 15 is 0 Å². The first-order valence-corrected chi connectivity index (χ1v) is 8.82. The molecule has 1 saturated heterocycles. The SMILES string of the molecule is COCC(C)N1CC(C(c2ccccc2)c2ccccc2)NCC1=O. The summed E-state index contributed by atoms with van der Waals surface area (Å²) in [5.74, 6) is 0.341. The first kappa shape index (κ1) is 17.6. The maximum absolute atomic E-state index is 12.4. The quantitative estimate of drug-likeness (QED) is 0.880. The van der Waals surface area contributed by atoms with Gasteiger partial charge in [0.15, 0.2) is 0 Å². The number of hydrogen-bond acceptors (Lipinski definition) is 3. The summed E-state index contributed by atoms with van der Waals surface area (Å²) < 4.78 is 5.26. The first-order valence-electron chi connectivity index (χ1n) is 8.82. The van der Waals surface area contributed by atoms with Gasteiger partial charge in [0.05, 0.1) is 19.2 Å². The van der Waals surface area contributed by atoms with Gasteiger partial charge < -0.3 is 15.0 Å². The molecule has 1 amide bonds. The Morgan fingerprint density at radius 3 is 2.16 bits per heavy atom. The van der Waals surface area contributed by atoms with Crippen molar-refractivity contribution in [2.24, 2.45) is 0 Å². The molecule has 0 bridgehead atoms. The number of carbonyl (C=O) groups excluding carboxylic acids is 1. The lowest BCUT2D eigenvalue weighted by molar-refractivity contribution is -0.136. The van der Waals surface area contributed by atoms with Gasteiger partial charge in [0.25, 0.3) is 0 Å². The van der Waals surface area contributed by atoms with Crippen LogP contribution in [-0.4, -0.2) is 49.7 Å². The molecule has 2 unspecified atom stereocenters. The van der Waals surface area contributed by atoms with Gasteiger partial charge in [0.1, 0.15) is 0 Å². The third kappa shape index (κ3) is 4.09. The maximum Gasteiger partial charge on any atom is 0.236 e. The van der Waals surface area contributed by atoms with Gasteiger partial charge >= 0.3 is 0 Å². The molecule has 0 aliphatic carbocycles. The number of nitrogens with one attached hydrogen (secondary N) is 1. The van der Waals surface area contributed by atoms with Crippen molar-refractivity contribution in [2.45, 2.75) is 24.9 Å². The zero-order chi connectivity index (χ0) is 17.6. The van der Waals surface area contributed by atoms with Crippen LogP contribution in [0.1, 0.15) is 24.0 Å². The Bertz CT molecular complexity index is 635. The Balaban J connectivity index is 1.90. The molecule has 2 atom stereocenters. The molecule has 1 heterocycles. The largest absolute Gasteiger partial charge is 0.383 e. The van der Waals surface area contributed by atoms with Crippen molar-refractivity contribution in [2.75, 3.05) is 26.8 Å². The van der Waals surface area contributed by atoms with Crippen molar-refractivity contribution in [1.29, 1.82) is 0 Å². The normalized spacial score (nSPS) is 19.2. The van der Waals surface area contributed by atoms with Gasteiger partial charge in [0.2, 0.25) is 5.91 Å². The molecule has 1 aliphatic heterocycles. The lowest BCUT2D eigenvalue weighted by Crippen LogP contribution is -2.59. The molecule has 0 radical (unpaired) electrons. The minimum atomic E-state index is 0.0781. The predicted octanol–water partition coefficient (Wildman–Crippen LogP) is 2.65. The molecule has 3 rings (SSSR count). The van der Waals surface area contributed by atoms with Gasteiger partial charge in [-0.3, -0.25) is 4.79 Å². The predicted molar refractivity (Wildman–Crippen MR) is 99.6 cm³/mol. The lowest BCUT2D eigenvalue weighted by atomic mass is 9.84. The summed E-state index contributed by atoms with van der Waals surface area (Å²) in [6, 6.07) is 21.3. The van der Waals surface area contributed by atoms with Crippen molar-refractivity contribution in [1.82, 2.24) is 10.2 Å². The molecular weight excluding hydrogens is 312 g/mol. The van der Waals surface area contributed by atoms with Crippen LogP contribution in [0.4, 0.5) is 0 Å². The Labute approximate surface area is 149 Å². The van der Waals surface area contributed by atoms with E-state index in [9.17, 15) is 4.79 Å². The summed E-state index contributed by atoms with van der Waals surface area (Å²) in [4.78, 5) is 14.3. The van der Waals surface area contributed by atoms with Gasteiger partial charge in [-0.2, -0.15) is 0 Å². The van der Waals surface area contributed by atoms with Gasteiger partial charge in [-0.05, 0) is 18.1 Å². The van der Waals surface area contributed by atoms with Crippen molar-refractivity contribution in [3.05, 3.63) is 71.8 Å². The molecule has 0 saturated carbocycles. The highest BCUT2D eigenvalue weighted by atomic mass is 16.5. The van der Waals surface area contributed by atoms with Crippen LogP contribution in [0.5, 0.6) is 0 Å². The average Bonchev–Trinajstić information content (AvgIpc) is 2.65. The maximum atomic E-state index is 12.4. The fraction of sp³-hybridized carbons (Fsp3) is 0.381. The number of hydrogen-bond donors (Lipinski definition) is 1. The standard InChI is InChI=1S/C21H26N2O2/c1-16(15-25-2)23-14-19(22-13-20(23)24)21(17-9-5-3-6-10-17)18-11-7-4-8-12-18/h3-12,16,19,21-22H,13-15H2,1-2H3. The summed E-state index contributed by atoms with van der Waals surface area (Å²) in [6.07, 6.45) is 0. The monoisotopic (exact) mass is 338 g/mol. The van der Waals surface area contributed by atoms with E-state index in [0.717, 1.165) is 0 Å². The third-order valence-electron chi connectivity index (χ3n) is 4.89. The van der Waals surface area contributed by atoms with Gasteiger partial charge in [-0.25, -0.2) is 0 Å². The van der Waals surface area contributed by atoms with Crippen LogP contribution >= 0.6 is 0 Å². The molecule has 2 aromatic rings. The number of rotatable bonds is 6. The van der Waals surface area contributed by atoms with E-state index in [0.29, 0.717) is 19.7 Å².